The Bertz CT molecular complexity index is 743. The van der Waals surface area contributed by atoms with E-state index in [1.165, 1.54) is 0 Å². The van der Waals surface area contributed by atoms with Crippen molar-refractivity contribution in [1.29, 1.82) is 0 Å². The maximum atomic E-state index is 9.60. The van der Waals surface area contributed by atoms with Gasteiger partial charge in [-0.25, -0.2) is 0 Å². The predicted octanol–water partition coefficient (Wildman–Crippen LogP) is 3.24. The first-order chi connectivity index (χ1) is 11.1. The first-order valence-electron chi connectivity index (χ1n) is 7.78. The average Bonchev–Trinajstić information content (AvgIpc) is 2.86. The van der Waals surface area contributed by atoms with Crippen LogP contribution in [0.2, 0.25) is 19.6 Å². The van der Waals surface area contributed by atoms with Crippen LogP contribution in [0.25, 0.3) is 10.9 Å². The monoisotopic (exact) mass is 346 g/mol. The lowest BCUT2D eigenvalue weighted by Crippen LogP contribution is -2.17. The third-order valence-corrected chi connectivity index (χ3v) is 3.64. The minimum Gasteiger partial charge on any atom is -0.462 e. The van der Waals surface area contributed by atoms with Crippen LogP contribution in [0.15, 0.2) is 18.2 Å². The summed E-state index contributed by atoms with van der Waals surface area (Å²) < 4.78 is 4.55. The Kier molecular flexibility index (Phi) is 6.76. The van der Waals surface area contributed by atoms with Gasteiger partial charge in [0, 0.05) is 5.39 Å². The molecule has 0 aliphatic rings. The molecular formula is C18H26N2O3Si. The van der Waals surface area contributed by atoms with E-state index in [2.05, 4.69) is 46.0 Å². The quantitative estimate of drug-likeness (QED) is 0.497. The smallest absolute Gasteiger partial charge is 0.293 e. The molecule has 0 aliphatic carbocycles. The number of benzene rings is 1. The summed E-state index contributed by atoms with van der Waals surface area (Å²) in [6.07, 6.45) is 0. The van der Waals surface area contributed by atoms with Gasteiger partial charge in [-0.2, -0.15) is 5.10 Å². The molecule has 6 heteroatoms. The van der Waals surface area contributed by atoms with Gasteiger partial charge in [-0.3, -0.25) is 9.89 Å². The minimum atomic E-state index is -1.38. The van der Waals surface area contributed by atoms with Gasteiger partial charge in [0.15, 0.2) is 0 Å². The van der Waals surface area contributed by atoms with Crippen molar-refractivity contribution in [2.75, 3.05) is 0 Å². The molecule has 0 bridgehead atoms. The first kappa shape index (κ1) is 19.9. The fourth-order valence-electron chi connectivity index (χ4n) is 1.65. The van der Waals surface area contributed by atoms with Gasteiger partial charge in [-0.1, -0.05) is 31.6 Å². The largest absolute Gasteiger partial charge is 0.462 e. The molecule has 0 amide bonds. The Morgan fingerprint density at radius 2 is 2.00 bits per heavy atom. The molecule has 1 aromatic heterocycles. The molecule has 0 fully saturated rings. The van der Waals surface area contributed by atoms with Gasteiger partial charge in [-0.05, 0) is 38.5 Å². The molecule has 0 saturated heterocycles. The molecule has 0 saturated carbocycles. The Morgan fingerprint density at radius 3 is 2.46 bits per heavy atom. The van der Waals surface area contributed by atoms with Crippen LogP contribution in [-0.4, -0.2) is 35.5 Å². The van der Waals surface area contributed by atoms with Crippen molar-refractivity contribution < 1.29 is 14.6 Å². The Hall–Kier alpha value is -2.10. The summed E-state index contributed by atoms with van der Waals surface area (Å²) in [5.74, 6) is 3.17. The molecular weight excluding hydrogens is 320 g/mol. The topological polar surface area (TPSA) is 75.2 Å². The van der Waals surface area contributed by atoms with Crippen molar-refractivity contribution in [2.24, 2.45) is 0 Å². The van der Waals surface area contributed by atoms with E-state index < -0.39 is 8.07 Å². The minimum absolute atomic E-state index is 0.0437. The third kappa shape index (κ3) is 6.98. The van der Waals surface area contributed by atoms with Crippen molar-refractivity contribution in [3.63, 3.8) is 0 Å². The highest BCUT2D eigenvalue weighted by atomic mass is 28.3. The molecule has 24 heavy (non-hydrogen) atoms. The number of ether oxygens (including phenoxy) is 1. The zero-order valence-corrected chi connectivity index (χ0v) is 16.2. The van der Waals surface area contributed by atoms with Gasteiger partial charge in [0.05, 0.1) is 12.1 Å². The number of nitrogens with zero attached hydrogens (tertiary/aromatic N) is 1. The average molecular weight is 347 g/mol. The number of carbonyl (C=O) groups is 1. The predicted molar refractivity (Wildman–Crippen MR) is 99.1 cm³/mol. The van der Waals surface area contributed by atoms with E-state index in [0.717, 1.165) is 22.2 Å². The number of aromatic nitrogens is 2. The summed E-state index contributed by atoms with van der Waals surface area (Å²) in [4.78, 5) is 9.60. The summed E-state index contributed by atoms with van der Waals surface area (Å²) >= 11 is 0. The van der Waals surface area contributed by atoms with Crippen molar-refractivity contribution in [3.05, 3.63) is 29.5 Å². The van der Waals surface area contributed by atoms with Gasteiger partial charge in [0.1, 0.15) is 19.4 Å². The summed E-state index contributed by atoms with van der Waals surface area (Å²) in [6, 6.07) is 5.71. The second kappa shape index (κ2) is 8.13. The number of aliphatic hydroxyl groups excluding tert-OH is 1. The normalized spacial score (nSPS) is 11.1. The number of hydrogen-bond acceptors (Lipinski definition) is 4. The van der Waals surface area contributed by atoms with Crippen LogP contribution in [0.3, 0.4) is 0 Å². The number of fused-ring (bicyclic) bond motifs is 1. The molecule has 0 spiro atoms. The maximum Gasteiger partial charge on any atom is 0.293 e. The van der Waals surface area contributed by atoms with Crippen LogP contribution in [0.4, 0.5) is 0 Å². The summed E-state index contributed by atoms with van der Waals surface area (Å²) in [5, 5.41) is 17.3. The molecule has 0 unspecified atom stereocenters. The van der Waals surface area contributed by atoms with Crippen molar-refractivity contribution in [3.8, 4) is 11.5 Å². The molecule has 0 aliphatic heterocycles. The molecule has 1 aromatic carbocycles. The lowest BCUT2D eigenvalue weighted by atomic mass is 10.1. The molecule has 2 N–H and O–H groups in total. The number of H-pyrrole nitrogens is 1. The van der Waals surface area contributed by atoms with E-state index in [0.29, 0.717) is 6.47 Å². The van der Waals surface area contributed by atoms with E-state index in [1.54, 1.807) is 0 Å². The second-order valence-electron chi connectivity index (χ2n) is 7.43. The van der Waals surface area contributed by atoms with Crippen LogP contribution >= 0.6 is 0 Å². The van der Waals surface area contributed by atoms with Crippen molar-refractivity contribution in [1.82, 2.24) is 10.2 Å². The fraction of sp³-hybridized carbons (Fsp3) is 0.444. The number of rotatable bonds is 2. The van der Waals surface area contributed by atoms with Crippen LogP contribution in [0, 0.1) is 11.5 Å². The standard InChI is InChI=1S/C13H16N2OSi.C5H10O2/c1-17(2,3)7-6-13-11-8-10(9-16)4-5-12(11)14-15-13;1-5(2,3)7-4-6/h4-5,8,16H,9H2,1-3H3,(H,14,15);4H,1-3H3. The molecule has 130 valence electrons. The lowest BCUT2D eigenvalue weighted by molar-refractivity contribution is -0.138. The van der Waals surface area contributed by atoms with Gasteiger partial charge >= 0.3 is 0 Å². The molecule has 0 atom stereocenters. The van der Waals surface area contributed by atoms with Crippen molar-refractivity contribution in [2.45, 2.75) is 52.6 Å². The summed E-state index contributed by atoms with van der Waals surface area (Å²) in [7, 11) is -1.38. The summed E-state index contributed by atoms with van der Waals surface area (Å²) in [6.45, 7) is 12.6. The Balaban J connectivity index is 0.000000351. The number of aromatic amines is 1. The number of hydrogen-bond donors (Lipinski definition) is 2. The van der Waals surface area contributed by atoms with E-state index in [-0.39, 0.29) is 12.2 Å². The van der Waals surface area contributed by atoms with E-state index in [1.807, 2.05) is 39.0 Å². The number of nitrogens with one attached hydrogen (secondary N) is 1. The van der Waals surface area contributed by atoms with Crippen LogP contribution in [-0.2, 0) is 16.1 Å². The van der Waals surface area contributed by atoms with E-state index >= 15 is 0 Å². The fourth-order valence-corrected chi connectivity index (χ4v) is 2.15. The molecule has 0 radical (unpaired) electrons. The Labute approximate surface area is 144 Å². The molecule has 1 heterocycles. The maximum absolute atomic E-state index is 9.60. The van der Waals surface area contributed by atoms with E-state index in [9.17, 15) is 4.79 Å². The third-order valence-electron chi connectivity index (χ3n) is 2.77. The van der Waals surface area contributed by atoms with Gasteiger partial charge in [-0.15, -0.1) is 5.54 Å². The summed E-state index contributed by atoms with van der Waals surface area (Å²) in [5.41, 5.74) is 5.61. The van der Waals surface area contributed by atoms with Crippen LogP contribution in [0.5, 0.6) is 0 Å². The SMILES string of the molecule is CC(C)(C)OC=O.C[Si](C)(C)C#Cc1[nH]nc2ccc(CO)cc12. The number of carbonyl (C=O) groups excluding carboxylic acids is 1. The van der Waals surface area contributed by atoms with Gasteiger partial charge < -0.3 is 9.84 Å². The Morgan fingerprint density at radius 1 is 1.33 bits per heavy atom. The first-order valence-corrected chi connectivity index (χ1v) is 11.3. The van der Waals surface area contributed by atoms with Crippen LogP contribution in [0.1, 0.15) is 32.0 Å². The van der Waals surface area contributed by atoms with Crippen molar-refractivity contribution >= 4 is 25.4 Å². The highest BCUT2D eigenvalue weighted by molar-refractivity contribution is 6.83. The van der Waals surface area contributed by atoms with E-state index in [4.69, 9.17) is 5.11 Å². The van der Waals surface area contributed by atoms with Gasteiger partial charge in [0.25, 0.3) is 6.47 Å². The second-order valence-corrected chi connectivity index (χ2v) is 12.2. The zero-order chi connectivity index (χ0) is 18.4. The molecule has 2 rings (SSSR count). The molecule has 5 nitrogen and oxygen atoms in total. The highest BCUT2D eigenvalue weighted by Gasteiger charge is 2.09. The highest BCUT2D eigenvalue weighted by Crippen LogP contribution is 2.17. The van der Waals surface area contributed by atoms with Gasteiger partial charge in [0.2, 0.25) is 0 Å². The molecule has 2 aromatic rings. The zero-order valence-electron chi connectivity index (χ0n) is 15.2. The lowest BCUT2D eigenvalue weighted by Gasteiger charge is -2.14. The van der Waals surface area contributed by atoms with Crippen LogP contribution < -0.4 is 0 Å². The number of aliphatic hydroxyl groups is 1.